The molecule has 24 heavy (non-hydrogen) atoms. The first kappa shape index (κ1) is 17.7. The number of fused-ring (bicyclic) bond motifs is 2. The smallest absolute Gasteiger partial charge is 0.490 e. The Morgan fingerprint density at radius 3 is 2.29 bits per heavy atom. The Labute approximate surface area is 142 Å². The van der Waals surface area contributed by atoms with Crippen LogP contribution in [0, 0.1) is 34.8 Å². The molecule has 0 heterocycles. The monoisotopic (exact) mass is 338 g/mol. The van der Waals surface area contributed by atoms with Gasteiger partial charge in [-0.3, -0.25) is 0 Å². The standard InChI is InChI=1S/C18H25BF2O3/c1-11-5-13-6-12(2)8-18(7-11,9-13)10-24-15-4-3-14(19(22)23)16(20)17(15)21/h3-4,11-13,22-23H,5-10H2,1-2H3. The van der Waals surface area contributed by atoms with Gasteiger partial charge in [0.1, 0.15) is 0 Å². The van der Waals surface area contributed by atoms with Crippen molar-refractivity contribution in [2.75, 3.05) is 6.61 Å². The van der Waals surface area contributed by atoms with Gasteiger partial charge in [0.15, 0.2) is 17.4 Å². The second-order valence-electron chi connectivity index (χ2n) is 8.10. The zero-order valence-corrected chi connectivity index (χ0v) is 14.3. The maximum Gasteiger partial charge on any atom is 0.491 e. The summed E-state index contributed by atoms with van der Waals surface area (Å²) in [5.74, 6) is -0.594. The van der Waals surface area contributed by atoms with Crippen LogP contribution in [0.3, 0.4) is 0 Å². The van der Waals surface area contributed by atoms with Crippen LogP contribution < -0.4 is 10.2 Å². The minimum atomic E-state index is -2.04. The zero-order chi connectivity index (χ0) is 17.5. The van der Waals surface area contributed by atoms with Gasteiger partial charge in [0.2, 0.25) is 0 Å². The summed E-state index contributed by atoms with van der Waals surface area (Å²) >= 11 is 0. The zero-order valence-electron chi connectivity index (χ0n) is 14.3. The number of halogens is 2. The highest BCUT2D eigenvalue weighted by molar-refractivity contribution is 6.58. The molecule has 0 radical (unpaired) electrons. The Kier molecular flexibility index (Phi) is 4.89. The van der Waals surface area contributed by atoms with E-state index in [9.17, 15) is 8.78 Å². The third-order valence-electron chi connectivity index (χ3n) is 5.64. The summed E-state index contributed by atoms with van der Waals surface area (Å²) in [6, 6.07) is 2.44. The van der Waals surface area contributed by atoms with Crippen LogP contribution in [0.25, 0.3) is 0 Å². The lowest BCUT2D eigenvalue weighted by molar-refractivity contribution is -0.0174. The van der Waals surface area contributed by atoms with Crippen molar-refractivity contribution in [3.8, 4) is 5.75 Å². The van der Waals surface area contributed by atoms with Crippen molar-refractivity contribution in [3.63, 3.8) is 0 Å². The summed E-state index contributed by atoms with van der Waals surface area (Å²) in [6.45, 7) is 4.90. The molecule has 2 saturated carbocycles. The first-order valence-corrected chi connectivity index (χ1v) is 8.76. The van der Waals surface area contributed by atoms with Gasteiger partial charge < -0.3 is 14.8 Å². The molecule has 0 aliphatic heterocycles. The molecule has 3 rings (SSSR count). The van der Waals surface area contributed by atoms with Crippen molar-refractivity contribution in [3.05, 3.63) is 23.8 Å². The lowest BCUT2D eigenvalue weighted by Crippen LogP contribution is -2.43. The SMILES string of the molecule is CC1CC2CC(C)CC(COc3ccc(B(O)O)c(F)c3F)(C1)C2. The van der Waals surface area contributed by atoms with E-state index in [0.717, 1.165) is 25.3 Å². The fourth-order valence-corrected chi connectivity index (χ4v) is 5.17. The molecule has 2 unspecified atom stereocenters. The summed E-state index contributed by atoms with van der Waals surface area (Å²) in [4.78, 5) is 0. The highest BCUT2D eigenvalue weighted by atomic mass is 19.2. The number of hydrogen-bond donors (Lipinski definition) is 2. The highest BCUT2D eigenvalue weighted by Gasteiger charge is 2.44. The van der Waals surface area contributed by atoms with Crippen LogP contribution in [-0.4, -0.2) is 23.8 Å². The Balaban J connectivity index is 1.76. The van der Waals surface area contributed by atoms with E-state index in [1.165, 1.54) is 18.9 Å². The van der Waals surface area contributed by atoms with Crippen molar-refractivity contribution in [1.29, 1.82) is 0 Å². The van der Waals surface area contributed by atoms with Crippen molar-refractivity contribution in [1.82, 2.24) is 0 Å². The van der Waals surface area contributed by atoms with Crippen LogP contribution >= 0.6 is 0 Å². The van der Waals surface area contributed by atoms with Gasteiger partial charge in [-0.25, -0.2) is 4.39 Å². The molecule has 2 aliphatic carbocycles. The lowest BCUT2D eigenvalue weighted by atomic mass is 9.57. The first-order chi connectivity index (χ1) is 11.3. The third kappa shape index (κ3) is 3.45. The number of benzene rings is 1. The molecule has 2 fully saturated rings. The van der Waals surface area contributed by atoms with Gasteiger partial charge >= 0.3 is 7.12 Å². The molecule has 0 amide bonds. The van der Waals surface area contributed by atoms with Crippen molar-refractivity contribution in [2.45, 2.75) is 46.0 Å². The fourth-order valence-electron chi connectivity index (χ4n) is 5.17. The van der Waals surface area contributed by atoms with Crippen LogP contribution in [0.5, 0.6) is 5.75 Å². The van der Waals surface area contributed by atoms with Crippen molar-refractivity contribution in [2.24, 2.45) is 23.2 Å². The lowest BCUT2D eigenvalue weighted by Gasteiger charge is -2.49. The van der Waals surface area contributed by atoms with E-state index >= 15 is 0 Å². The molecule has 6 heteroatoms. The molecule has 132 valence electrons. The maximum atomic E-state index is 14.1. The van der Waals surface area contributed by atoms with Crippen LogP contribution in [0.15, 0.2) is 12.1 Å². The second kappa shape index (κ2) is 6.64. The van der Waals surface area contributed by atoms with Gasteiger partial charge in [0, 0.05) is 10.9 Å². The predicted octanol–water partition coefficient (Wildman–Crippen LogP) is 2.88. The minimum Gasteiger partial charge on any atom is -0.490 e. The van der Waals surface area contributed by atoms with Gasteiger partial charge in [-0.15, -0.1) is 0 Å². The van der Waals surface area contributed by atoms with E-state index in [4.69, 9.17) is 14.8 Å². The van der Waals surface area contributed by atoms with Gasteiger partial charge in [0.05, 0.1) is 6.61 Å². The molecule has 1 aromatic carbocycles. The van der Waals surface area contributed by atoms with E-state index in [1.54, 1.807) is 0 Å². The normalized spacial score (nSPS) is 32.5. The molecule has 2 bridgehead atoms. The molecule has 0 saturated heterocycles. The van der Waals surface area contributed by atoms with Crippen LogP contribution in [-0.2, 0) is 0 Å². The summed E-state index contributed by atoms with van der Waals surface area (Å²) in [7, 11) is -2.04. The van der Waals surface area contributed by atoms with Crippen molar-refractivity contribution < 1.29 is 23.6 Å². The average molecular weight is 338 g/mol. The highest BCUT2D eigenvalue weighted by Crippen LogP contribution is 2.52. The predicted molar refractivity (Wildman–Crippen MR) is 89.0 cm³/mol. The summed E-state index contributed by atoms with van der Waals surface area (Å²) < 4.78 is 33.7. The van der Waals surface area contributed by atoms with Gasteiger partial charge in [-0.05, 0) is 55.9 Å². The number of hydrogen-bond acceptors (Lipinski definition) is 3. The van der Waals surface area contributed by atoms with Crippen LogP contribution in [0.4, 0.5) is 8.78 Å². The Morgan fingerprint density at radius 1 is 1.08 bits per heavy atom. The summed E-state index contributed by atoms with van der Waals surface area (Å²) in [6.07, 6.45) is 5.71. The van der Waals surface area contributed by atoms with E-state index in [-0.39, 0.29) is 11.2 Å². The molecule has 2 N–H and O–H groups in total. The Morgan fingerprint density at radius 2 is 1.71 bits per heavy atom. The van der Waals surface area contributed by atoms with E-state index in [0.29, 0.717) is 24.4 Å². The summed E-state index contributed by atoms with van der Waals surface area (Å²) in [5, 5.41) is 18.1. The Hall–Kier alpha value is -1.14. The topological polar surface area (TPSA) is 49.7 Å². The van der Waals surface area contributed by atoms with Gasteiger partial charge in [0.25, 0.3) is 0 Å². The first-order valence-electron chi connectivity index (χ1n) is 8.76. The maximum absolute atomic E-state index is 14.1. The van der Waals surface area contributed by atoms with E-state index in [2.05, 4.69) is 13.8 Å². The van der Waals surface area contributed by atoms with E-state index in [1.807, 2.05) is 0 Å². The molecule has 0 spiro atoms. The largest absolute Gasteiger partial charge is 0.491 e. The van der Waals surface area contributed by atoms with Gasteiger partial charge in [-0.2, -0.15) is 4.39 Å². The van der Waals surface area contributed by atoms with Gasteiger partial charge in [-0.1, -0.05) is 19.9 Å². The summed E-state index contributed by atoms with van der Waals surface area (Å²) in [5.41, 5.74) is -0.436. The molecular formula is C18H25BF2O3. The number of ether oxygens (including phenoxy) is 1. The molecule has 2 atom stereocenters. The Bertz CT molecular complexity index is 589. The molecular weight excluding hydrogens is 313 g/mol. The number of rotatable bonds is 4. The second-order valence-corrected chi connectivity index (χ2v) is 8.10. The van der Waals surface area contributed by atoms with Crippen molar-refractivity contribution >= 4 is 12.6 Å². The minimum absolute atomic E-state index is 0.0398. The third-order valence-corrected chi connectivity index (χ3v) is 5.64. The van der Waals surface area contributed by atoms with Crippen LogP contribution in [0.1, 0.15) is 46.0 Å². The molecule has 2 aliphatic rings. The quantitative estimate of drug-likeness (QED) is 0.830. The molecule has 0 aromatic heterocycles. The van der Waals surface area contributed by atoms with E-state index < -0.39 is 24.2 Å². The molecule has 3 nitrogen and oxygen atoms in total. The molecule has 1 aromatic rings. The van der Waals surface area contributed by atoms with Crippen LogP contribution in [0.2, 0.25) is 0 Å². The fraction of sp³-hybridized carbons (Fsp3) is 0.667. The average Bonchev–Trinajstić information content (AvgIpc) is 2.46.